The van der Waals surface area contributed by atoms with Gasteiger partial charge in [0.25, 0.3) is 0 Å². The van der Waals surface area contributed by atoms with E-state index in [-0.39, 0.29) is 18.1 Å². The summed E-state index contributed by atoms with van der Waals surface area (Å²) in [5.41, 5.74) is 1.76. The van der Waals surface area contributed by atoms with E-state index in [1.807, 2.05) is 79.7 Å². The molecule has 1 heterocycles. The van der Waals surface area contributed by atoms with Crippen LogP contribution in [0.5, 0.6) is 0 Å². The van der Waals surface area contributed by atoms with E-state index < -0.39 is 0 Å². The molecule has 0 unspecified atom stereocenters. The lowest BCUT2D eigenvalue weighted by Gasteiger charge is -2.30. The van der Waals surface area contributed by atoms with Gasteiger partial charge in [0.05, 0.1) is 11.2 Å². The average molecular weight is 455 g/mol. The van der Waals surface area contributed by atoms with Crippen LogP contribution >= 0.6 is 0 Å². The molecule has 0 aliphatic heterocycles. The Morgan fingerprint density at radius 1 is 0.824 bits per heavy atom. The largest absolute Gasteiger partial charge is 0.362 e. The molecule has 1 saturated carbocycles. The monoisotopic (exact) mass is 454 g/mol. The molecule has 1 aliphatic rings. The maximum atomic E-state index is 12.7. The number of nitrogens with one attached hydrogen (secondary N) is 3. The number of aromatic nitrogens is 2. The van der Waals surface area contributed by atoms with Crippen molar-refractivity contribution < 1.29 is 4.79 Å². The molecule has 3 N–H and O–H groups in total. The van der Waals surface area contributed by atoms with Gasteiger partial charge in [0.1, 0.15) is 5.82 Å². The number of rotatable bonds is 5. The lowest BCUT2D eigenvalue weighted by Crippen LogP contribution is -2.42. The van der Waals surface area contributed by atoms with Crippen molar-refractivity contribution in [2.45, 2.75) is 37.8 Å². The van der Waals surface area contributed by atoms with E-state index in [2.05, 4.69) is 22.0 Å². The van der Waals surface area contributed by atoms with Crippen LogP contribution in [0, 0.1) is 0 Å². The standard InChI is InChI=1S/C27H30N6O/c1-33(2)25-22-11-5-6-12-24(22)30-26(32-25)28-19-14-16-20(17-15-19)29-27(34)31-23-13-7-9-18-8-3-4-10-21(18)23/h3-13,19-20H,14-17H2,1-2H3,(H,28,30,32)(H2,29,31,34)/t19-,20+. The highest BCUT2D eigenvalue weighted by molar-refractivity contribution is 6.01. The number of benzene rings is 3. The van der Waals surface area contributed by atoms with E-state index in [9.17, 15) is 4.79 Å². The van der Waals surface area contributed by atoms with Gasteiger partial charge in [-0.2, -0.15) is 4.98 Å². The molecule has 2 amide bonds. The zero-order chi connectivity index (χ0) is 23.5. The summed E-state index contributed by atoms with van der Waals surface area (Å²) in [5.74, 6) is 1.57. The van der Waals surface area contributed by atoms with Crippen molar-refractivity contribution in [3.05, 3.63) is 66.7 Å². The number of para-hydroxylation sites is 1. The van der Waals surface area contributed by atoms with Crippen LogP contribution in [0.4, 0.5) is 22.2 Å². The molecular formula is C27H30N6O. The summed E-state index contributed by atoms with van der Waals surface area (Å²) < 4.78 is 0. The van der Waals surface area contributed by atoms with E-state index in [0.29, 0.717) is 5.95 Å². The van der Waals surface area contributed by atoms with Crippen molar-refractivity contribution in [2.75, 3.05) is 29.6 Å². The quantitative estimate of drug-likeness (QED) is 0.376. The van der Waals surface area contributed by atoms with Crippen LogP contribution in [0.1, 0.15) is 25.7 Å². The van der Waals surface area contributed by atoms with E-state index >= 15 is 0 Å². The van der Waals surface area contributed by atoms with Crippen LogP contribution < -0.4 is 20.9 Å². The zero-order valence-corrected chi connectivity index (χ0v) is 19.6. The van der Waals surface area contributed by atoms with Gasteiger partial charge in [-0.3, -0.25) is 0 Å². The van der Waals surface area contributed by atoms with Crippen molar-refractivity contribution in [1.82, 2.24) is 15.3 Å². The van der Waals surface area contributed by atoms with Gasteiger partial charge < -0.3 is 20.9 Å². The summed E-state index contributed by atoms with van der Waals surface area (Å²) >= 11 is 0. The second kappa shape index (κ2) is 9.55. The van der Waals surface area contributed by atoms with Gasteiger partial charge in [-0.15, -0.1) is 0 Å². The summed E-state index contributed by atoms with van der Waals surface area (Å²) in [6.45, 7) is 0. The van der Waals surface area contributed by atoms with Crippen LogP contribution in [0.3, 0.4) is 0 Å². The number of urea groups is 1. The number of nitrogens with zero attached hydrogens (tertiary/aromatic N) is 3. The molecule has 34 heavy (non-hydrogen) atoms. The van der Waals surface area contributed by atoms with E-state index in [0.717, 1.165) is 58.9 Å². The Balaban J connectivity index is 1.18. The van der Waals surface area contributed by atoms with Crippen molar-refractivity contribution >= 4 is 45.2 Å². The number of hydrogen-bond acceptors (Lipinski definition) is 5. The lowest BCUT2D eigenvalue weighted by molar-refractivity contribution is 0.243. The summed E-state index contributed by atoms with van der Waals surface area (Å²) in [6.07, 6.45) is 3.73. The minimum absolute atomic E-state index is 0.152. The molecule has 1 aromatic heterocycles. The van der Waals surface area contributed by atoms with Crippen LogP contribution in [0.15, 0.2) is 66.7 Å². The summed E-state index contributed by atoms with van der Waals surface area (Å²) in [7, 11) is 4.00. The Bertz CT molecular complexity index is 1310. The molecule has 1 aliphatic carbocycles. The molecule has 7 nitrogen and oxygen atoms in total. The maximum Gasteiger partial charge on any atom is 0.319 e. The summed E-state index contributed by atoms with van der Waals surface area (Å²) in [4.78, 5) is 24.2. The van der Waals surface area contributed by atoms with E-state index in [1.54, 1.807) is 0 Å². The maximum absolute atomic E-state index is 12.7. The molecule has 1 fully saturated rings. The molecule has 4 aromatic rings. The molecule has 0 bridgehead atoms. The fourth-order valence-electron chi connectivity index (χ4n) is 4.71. The third-order valence-electron chi connectivity index (χ3n) is 6.44. The first-order valence-corrected chi connectivity index (χ1v) is 11.8. The molecule has 0 atom stereocenters. The van der Waals surface area contributed by atoms with Gasteiger partial charge >= 0.3 is 6.03 Å². The topological polar surface area (TPSA) is 82.2 Å². The van der Waals surface area contributed by atoms with Gasteiger partial charge in [0.2, 0.25) is 5.95 Å². The minimum Gasteiger partial charge on any atom is -0.362 e. The Kier molecular flexibility index (Phi) is 6.16. The second-order valence-electron chi connectivity index (χ2n) is 9.10. The molecule has 0 spiro atoms. The normalized spacial score (nSPS) is 17.9. The number of carbonyl (C=O) groups is 1. The Morgan fingerprint density at radius 2 is 1.50 bits per heavy atom. The van der Waals surface area contributed by atoms with Gasteiger partial charge in [-0.05, 0) is 49.3 Å². The second-order valence-corrected chi connectivity index (χ2v) is 9.10. The molecule has 0 radical (unpaired) electrons. The van der Waals surface area contributed by atoms with Gasteiger partial charge in [-0.25, -0.2) is 9.78 Å². The van der Waals surface area contributed by atoms with Crippen molar-refractivity contribution in [1.29, 1.82) is 0 Å². The van der Waals surface area contributed by atoms with Gasteiger partial charge in [0.15, 0.2) is 0 Å². The lowest BCUT2D eigenvalue weighted by atomic mass is 9.91. The third kappa shape index (κ3) is 4.73. The Labute approximate surface area is 199 Å². The van der Waals surface area contributed by atoms with Gasteiger partial charge in [-0.1, -0.05) is 48.5 Å². The minimum atomic E-state index is -0.152. The first-order valence-electron chi connectivity index (χ1n) is 11.8. The highest BCUT2D eigenvalue weighted by Gasteiger charge is 2.23. The Morgan fingerprint density at radius 3 is 2.29 bits per heavy atom. The number of hydrogen-bond donors (Lipinski definition) is 3. The molecule has 5 rings (SSSR count). The predicted molar refractivity (Wildman–Crippen MR) is 140 cm³/mol. The molecule has 174 valence electrons. The first kappa shape index (κ1) is 21.9. The highest BCUT2D eigenvalue weighted by Crippen LogP contribution is 2.27. The first-order chi connectivity index (χ1) is 16.6. The summed E-state index contributed by atoms with van der Waals surface area (Å²) in [5, 5.41) is 12.9. The molecule has 3 aromatic carbocycles. The fraction of sp³-hybridized carbons (Fsp3) is 0.296. The van der Waals surface area contributed by atoms with Crippen LogP contribution in [-0.4, -0.2) is 42.2 Å². The predicted octanol–water partition coefficient (Wildman–Crippen LogP) is 5.39. The molecule has 0 saturated heterocycles. The number of anilines is 3. The summed E-state index contributed by atoms with van der Waals surface area (Å²) in [6, 6.07) is 22.4. The Hall–Kier alpha value is -3.87. The number of fused-ring (bicyclic) bond motifs is 2. The van der Waals surface area contributed by atoms with Crippen molar-refractivity contribution in [3.63, 3.8) is 0 Å². The smallest absolute Gasteiger partial charge is 0.319 e. The number of carbonyl (C=O) groups excluding carboxylic acids is 1. The average Bonchev–Trinajstić information content (AvgIpc) is 2.85. The SMILES string of the molecule is CN(C)c1nc(N[C@H]2CC[C@@H](NC(=O)Nc3cccc4ccccc34)CC2)nc2ccccc12. The van der Waals surface area contributed by atoms with Crippen LogP contribution in [0.2, 0.25) is 0 Å². The third-order valence-corrected chi connectivity index (χ3v) is 6.44. The zero-order valence-electron chi connectivity index (χ0n) is 19.6. The van der Waals surface area contributed by atoms with Gasteiger partial charge in [0, 0.05) is 37.0 Å². The van der Waals surface area contributed by atoms with E-state index in [4.69, 9.17) is 9.97 Å². The molecular weight excluding hydrogens is 424 g/mol. The fourth-order valence-corrected chi connectivity index (χ4v) is 4.71. The van der Waals surface area contributed by atoms with Crippen molar-refractivity contribution in [3.8, 4) is 0 Å². The van der Waals surface area contributed by atoms with E-state index in [1.165, 1.54) is 0 Å². The van der Waals surface area contributed by atoms with Crippen LogP contribution in [0.25, 0.3) is 21.7 Å². The number of amides is 2. The van der Waals surface area contributed by atoms with Crippen molar-refractivity contribution in [2.24, 2.45) is 0 Å². The highest BCUT2D eigenvalue weighted by atomic mass is 16.2. The molecule has 7 heteroatoms. The van der Waals surface area contributed by atoms with Crippen LogP contribution in [-0.2, 0) is 0 Å².